The number of carbonyl (C=O) groups excluding carboxylic acids is 1. The number of carbonyl (C=O) groups is 1. The zero-order valence-corrected chi connectivity index (χ0v) is 11.0. The Morgan fingerprint density at radius 1 is 1.56 bits per heavy atom. The number of methoxy groups -OCH3 is 1. The predicted molar refractivity (Wildman–Crippen MR) is 71.0 cm³/mol. The third kappa shape index (κ3) is 3.03. The van der Waals surface area contributed by atoms with E-state index in [4.69, 9.17) is 4.74 Å². The van der Waals surface area contributed by atoms with Crippen LogP contribution in [-0.2, 0) is 0 Å². The molecule has 1 aromatic carbocycles. The molecule has 0 aromatic heterocycles. The van der Waals surface area contributed by atoms with E-state index in [0.717, 1.165) is 0 Å². The summed E-state index contributed by atoms with van der Waals surface area (Å²) in [4.78, 5) is 13.9. The molecule has 0 unspecified atom stereocenters. The molecular weight excluding hydrogens is 230 g/mol. The minimum Gasteiger partial charge on any atom is -0.504 e. The first-order valence-corrected chi connectivity index (χ1v) is 5.80. The van der Waals surface area contributed by atoms with Crippen molar-refractivity contribution in [2.24, 2.45) is 0 Å². The van der Waals surface area contributed by atoms with E-state index in [1.165, 1.54) is 13.2 Å². The van der Waals surface area contributed by atoms with Crippen molar-refractivity contribution >= 4 is 5.91 Å². The molecule has 0 aliphatic carbocycles. The van der Waals surface area contributed by atoms with Gasteiger partial charge in [-0.15, -0.1) is 6.58 Å². The number of phenolic OH excluding ortho intramolecular Hbond substituents is 1. The molecule has 0 bridgehead atoms. The number of hydrogen-bond acceptors (Lipinski definition) is 3. The summed E-state index contributed by atoms with van der Waals surface area (Å²) >= 11 is 0. The molecule has 0 spiro atoms. The maximum atomic E-state index is 12.3. The smallest absolute Gasteiger partial charge is 0.254 e. The van der Waals surface area contributed by atoms with Gasteiger partial charge in [-0.25, -0.2) is 0 Å². The van der Waals surface area contributed by atoms with Crippen molar-refractivity contribution in [1.29, 1.82) is 0 Å². The highest BCUT2D eigenvalue weighted by Crippen LogP contribution is 2.26. The molecule has 0 saturated carbocycles. The van der Waals surface area contributed by atoms with Crippen molar-refractivity contribution in [3.63, 3.8) is 0 Å². The molecule has 0 aliphatic rings. The van der Waals surface area contributed by atoms with E-state index in [0.29, 0.717) is 17.9 Å². The van der Waals surface area contributed by atoms with Gasteiger partial charge >= 0.3 is 0 Å². The average molecular weight is 249 g/mol. The lowest BCUT2D eigenvalue weighted by atomic mass is 10.1. The summed E-state index contributed by atoms with van der Waals surface area (Å²) in [6, 6.07) is 4.70. The number of rotatable bonds is 5. The highest BCUT2D eigenvalue weighted by molar-refractivity contribution is 5.95. The highest BCUT2D eigenvalue weighted by Gasteiger charge is 2.18. The Morgan fingerprint density at radius 3 is 2.67 bits per heavy atom. The quantitative estimate of drug-likeness (QED) is 0.815. The zero-order valence-electron chi connectivity index (χ0n) is 11.0. The van der Waals surface area contributed by atoms with Crippen LogP contribution in [0.4, 0.5) is 0 Å². The van der Waals surface area contributed by atoms with Gasteiger partial charge in [0.1, 0.15) is 0 Å². The molecule has 4 nitrogen and oxygen atoms in total. The van der Waals surface area contributed by atoms with Crippen LogP contribution < -0.4 is 4.74 Å². The number of ether oxygens (including phenoxy) is 1. The summed E-state index contributed by atoms with van der Waals surface area (Å²) < 4.78 is 4.94. The van der Waals surface area contributed by atoms with Gasteiger partial charge < -0.3 is 14.7 Å². The summed E-state index contributed by atoms with van der Waals surface area (Å²) in [6.45, 7) is 7.99. The Bertz CT molecular complexity index is 441. The Morgan fingerprint density at radius 2 is 2.22 bits per heavy atom. The van der Waals surface area contributed by atoms with Crippen LogP contribution in [0.25, 0.3) is 0 Å². The van der Waals surface area contributed by atoms with Gasteiger partial charge in [0.05, 0.1) is 7.11 Å². The van der Waals surface area contributed by atoms with E-state index in [2.05, 4.69) is 6.58 Å². The Labute approximate surface area is 107 Å². The lowest BCUT2D eigenvalue weighted by Gasteiger charge is -2.25. The van der Waals surface area contributed by atoms with E-state index in [-0.39, 0.29) is 17.7 Å². The third-order valence-electron chi connectivity index (χ3n) is 2.64. The summed E-state index contributed by atoms with van der Waals surface area (Å²) in [5, 5.41) is 9.67. The number of aromatic hydroxyl groups is 1. The highest BCUT2D eigenvalue weighted by atomic mass is 16.5. The maximum Gasteiger partial charge on any atom is 0.254 e. The van der Waals surface area contributed by atoms with Gasteiger partial charge in [0.2, 0.25) is 0 Å². The molecule has 4 heteroatoms. The van der Waals surface area contributed by atoms with Gasteiger partial charge in [0, 0.05) is 18.2 Å². The fourth-order valence-electron chi connectivity index (χ4n) is 1.66. The Kier molecular flexibility index (Phi) is 4.77. The number of benzene rings is 1. The SMILES string of the molecule is C=CCN(C(=O)c1ccc(OC)c(O)c1)C(C)C. The van der Waals surface area contributed by atoms with Gasteiger partial charge in [-0.1, -0.05) is 6.08 Å². The molecule has 98 valence electrons. The molecule has 0 heterocycles. The zero-order chi connectivity index (χ0) is 13.7. The van der Waals surface area contributed by atoms with Gasteiger partial charge in [-0.2, -0.15) is 0 Å². The first-order valence-electron chi connectivity index (χ1n) is 5.80. The van der Waals surface area contributed by atoms with Crippen LogP contribution in [-0.4, -0.2) is 35.6 Å². The second kappa shape index (κ2) is 6.10. The summed E-state index contributed by atoms with van der Waals surface area (Å²) in [5.41, 5.74) is 0.434. The van der Waals surface area contributed by atoms with Crippen LogP contribution in [0.2, 0.25) is 0 Å². The van der Waals surface area contributed by atoms with Crippen LogP contribution in [0.5, 0.6) is 11.5 Å². The number of hydrogen-bond donors (Lipinski definition) is 1. The first kappa shape index (κ1) is 14.1. The van der Waals surface area contributed by atoms with Crippen LogP contribution in [0.1, 0.15) is 24.2 Å². The Balaban J connectivity index is 3.01. The maximum absolute atomic E-state index is 12.3. The largest absolute Gasteiger partial charge is 0.504 e. The van der Waals surface area contributed by atoms with Crippen molar-refractivity contribution in [2.45, 2.75) is 19.9 Å². The molecule has 0 atom stereocenters. The number of phenols is 1. The molecule has 1 N–H and O–H groups in total. The lowest BCUT2D eigenvalue weighted by Crippen LogP contribution is -2.36. The van der Waals surface area contributed by atoms with Crippen LogP contribution in [0, 0.1) is 0 Å². The minimum absolute atomic E-state index is 0.0364. The molecule has 18 heavy (non-hydrogen) atoms. The standard InChI is InChI=1S/C14H19NO3/c1-5-8-15(10(2)3)14(17)11-6-7-13(18-4)12(16)9-11/h5-7,9-10,16H,1,8H2,2-4H3. The van der Waals surface area contributed by atoms with Crippen LogP contribution >= 0.6 is 0 Å². The molecule has 0 aliphatic heterocycles. The molecule has 1 amide bonds. The van der Waals surface area contributed by atoms with E-state index >= 15 is 0 Å². The molecule has 0 fully saturated rings. The second-order valence-corrected chi connectivity index (χ2v) is 4.23. The van der Waals surface area contributed by atoms with Gasteiger partial charge in [0.25, 0.3) is 5.91 Å². The molecule has 1 aromatic rings. The molecule has 0 radical (unpaired) electrons. The van der Waals surface area contributed by atoms with Crippen molar-refractivity contribution in [3.05, 3.63) is 36.4 Å². The predicted octanol–water partition coefficient (Wildman–Crippen LogP) is 2.44. The van der Waals surface area contributed by atoms with Crippen LogP contribution in [0.15, 0.2) is 30.9 Å². The molecular formula is C14H19NO3. The van der Waals surface area contributed by atoms with E-state index in [1.807, 2.05) is 13.8 Å². The lowest BCUT2D eigenvalue weighted by molar-refractivity contribution is 0.0728. The Hall–Kier alpha value is -1.97. The topological polar surface area (TPSA) is 49.8 Å². The van der Waals surface area contributed by atoms with Crippen molar-refractivity contribution in [2.75, 3.05) is 13.7 Å². The molecule has 0 saturated heterocycles. The van der Waals surface area contributed by atoms with Gasteiger partial charge in [-0.05, 0) is 32.0 Å². The fourth-order valence-corrected chi connectivity index (χ4v) is 1.66. The van der Waals surface area contributed by atoms with E-state index < -0.39 is 0 Å². The minimum atomic E-state index is -0.136. The normalized spacial score (nSPS) is 10.2. The van der Waals surface area contributed by atoms with E-state index in [1.54, 1.807) is 23.1 Å². The summed E-state index contributed by atoms with van der Waals surface area (Å²) in [5.74, 6) is 0.180. The van der Waals surface area contributed by atoms with E-state index in [9.17, 15) is 9.90 Å². The monoisotopic (exact) mass is 249 g/mol. The summed E-state index contributed by atoms with van der Waals surface area (Å²) in [7, 11) is 1.47. The van der Waals surface area contributed by atoms with Crippen molar-refractivity contribution < 1.29 is 14.6 Å². The second-order valence-electron chi connectivity index (χ2n) is 4.23. The van der Waals surface area contributed by atoms with Crippen molar-refractivity contribution in [3.8, 4) is 11.5 Å². The number of amides is 1. The van der Waals surface area contributed by atoms with Crippen molar-refractivity contribution in [1.82, 2.24) is 4.90 Å². The summed E-state index contributed by atoms with van der Waals surface area (Å²) in [6.07, 6.45) is 1.68. The van der Waals surface area contributed by atoms with Gasteiger partial charge in [-0.3, -0.25) is 4.79 Å². The van der Waals surface area contributed by atoms with Crippen LogP contribution in [0.3, 0.4) is 0 Å². The van der Waals surface area contributed by atoms with Gasteiger partial charge in [0.15, 0.2) is 11.5 Å². The first-order chi connectivity index (χ1) is 8.51. The number of nitrogens with zero attached hydrogens (tertiary/aromatic N) is 1. The fraction of sp³-hybridized carbons (Fsp3) is 0.357. The molecule has 1 rings (SSSR count). The average Bonchev–Trinajstić information content (AvgIpc) is 2.34. The third-order valence-corrected chi connectivity index (χ3v) is 2.64.